The number of nitrogens with zero attached hydrogens (tertiary/aromatic N) is 3. The minimum absolute atomic E-state index is 0.149. The zero-order chi connectivity index (χ0) is 17.5. The highest BCUT2D eigenvalue weighted by Crippen LogP contribution is 2.33. The van der Waals surface area contributed by atoms with E-state index in [-0.39, 0.29) is 11.7 Å². The van der Waals surface area contributed by atoms with Crippen LogP contribution in [0.2, 0.25) is 0 Å². The number of likely N-dealkylation sites (N-methyl/N-ethyl adjacent to an activating group) is 1. The third-order valence-electron chi connectivity index (χ3n) is 5.07. The van der Waals surface area contributed by atoms with Crippen molar-refractivity contribution >= 4 is 0 Å². The summed E-state index contributed by atoms with van der Waals surface area (Å²) in [5, 5.41) is 0. The number of hydrogen-bond donors (Lipinski definition) is 0. The first-order valence-corrected chi connectivity index (χ1v) is 9.23. The number of aromatic nitrogens is 1. The fraction of sp³-hybridized carbons (Fsp3) is 0.737. The largest absolute Gasteiger partial charge is 0.383 e. The van der Waals surface area contributed by atoms with Gasteiger partial charge in [-0.2, -0.15) is 0 Å². The van der Waals surface area contributed by atoms with Gasteiger partial charge in [-0.15, -0.1) is 0 Å². The standard InChI is InChI=1S/C19H31N3O3/c1-21(13-17-4-3-7-20-12-17)14-18-5-6-19(25-18)15-22(8-10-23-2)9-11-24-16-19/h3-4,7,12,18H,5-6,8-11,13-16H2,1-2H3/t18-,19+/m1/s1. The van der Waals surface area contributed by atoms with Gasteiger partial charge in [-0.25, -0.2) is 0 Å². The molecule has 0 aliphatic carbocycles. The van der Waals surface area contributed by atoms with Gasteiger partial charge in [-0.1, -0.05) is 6.07 Å². The van der Waals surface area contributed by atoms with E-state index in [4.69, 9.17) is 14.2 Å². The maximum absolute atomic E-state index is 6.52. The normalized spacial score (nSPS) is 27.9. The molecule has 2 saturated heterocycles. The fourth-order valence-electron chi connectivity index (χ4n) is 3.86. The second kappa shape index (κ2) is 9.05. The number of methoxy groups -OCH3 is 1. The molecule has 2 aliphatic heterocycles. The maximum Gasteiger partial charge on any atom is 0.105 e. The van der Waals surface area contributed by atoms with Gasteiger partial charge in [-0.3, -0.25) is 14.8 Å². The number of pyridine rings is 1. The minimum atomic E-state index is -0.149. The van der Waals surface area contributed by atoms with Crippen molar-refractivity contribution in [2.45, 2.75) is 31.1 Å². The highest BCUT2D eigenvalue weighted by Gasteiger charge is 2.43. The number of hydrogen-bond acceptors (Lipinski definition) is 6. The molecule has 3 rings (SSSR count). The van der Waals surface area contributed by atoms with E-state index in [0.29, 0.717) is 6.61 Å². The Morgan fingerprint density at radius 3 is 3.20 bits per heavy atom. The van der Waals surface area contributed by atoms with Crippen LogP contribution < -0.4 is 0 Å². The first-order valence-electron chi connectivity index (χ1n) is 9.23. The number of ether oxygens (including phenoxy) is 3. The van der Waals surface area contributed by atoms with Crippen LogP contribution in [0, 0.1) is 0 Å². The molecule has 1 aromatic heterocycles. The molecule has 6 heteroatoms. The third-order valence-corrected chi connectivity index (χ3v) is 5.07. The molecule has 0 saturated carbocycles. The van der Waals surface area contributed by atoms with Crippen molar-refractivity contribution in [3.63, 3.8) is 0 Å². The molecule has 0 amide bonds. The third kappa shape index (κ3) is 5.46. The van der Waals surface area contributed by atoms with Gasteiger partial charge in [0.1, 0.15) is 5.60 Å². The molecule has 1 spiro atoms. The average molecular weight is 349 g/mol. The molecule has 0 radical (unpaired) electrons. The van der Waals surface area contributed by atoms with Crippen molar-refractivity contribution in [2.24, 2.45) is 0 Å². The monoisotopic (exact) mass is 349 g/mol. The summed E-state index contributed by atoms with van der Waals surface area (Å²) < 4.78 is 17.6. The lowest BCUT2D eigenvalue weighted by Crippen LogP contribution is -2.46. The Morgan fingerprint density at radius 2 is 2.40 bits per heavy atom. The van der Waals surface area contributed by atoms with Crippen LogP contribution in [0.1, 0.15) is 18.4 Å². The Hall–Kier alpha value is -1.05. The van der Waals surface area contributed by atoms with Gasteiger partial charge in [0, 0.05) is 52.2 Å². The quantitative estimate of drug-likeness (QED) is 0.742. The van der Waals surface area contributed by atoms with Gasteiger partial charge >= 0.3 is 0 Å². The van der Waals surface area contributed by atoms with E-state index in [0.717, 1.165) is 58.8 Å². The first-order chi connectivity index (χ1) is 12.2. The molecular formula is C19H31N3O3. The Labute approximate surface area is 151 Å². The number of rotatable bonds is 7. The van der Waals surface area contributed by atoms with E-state index in [1.165, 1.54) is 5.56 Å². The zero-order valence-electron chi connectivity index (χ0n) is 15.5. The van der Waals surface area contributed by atoms with Gasteiger partial charge in [-0.05, 0) is 31.5 Å². The average Bonchev–Trinajstić information content (AvgIpc) is 2.87. The van der Waals surface area contributed by atoms with Crippen molar-refractivity contribution in [1.82, 2.24) is 14.8 Å². The molecule has 2 atom stereocenters. The summed E-state index contributed by atoms with van der Waals surface area (Å²) in [4.78, 5) is 8.93. The second-order valence-corrected chi connectivity index (χ2v) is 7.34. The minimum Gasteiger partial charge on any atom is -0.383 e. The molecule has 140 valence electrons. The summed E-state index contributed by atoms with van der Waals surface area (Å²) in [6.45, 7) is 6.93. The molecule has 0 unspecified atom stereocenters. The first kappa shape index (κ1) is 18.7. The summed E-state index contributed by atoms with van der Waals surface area (Å²) in [5.41, 5.74) is 1.09. The highest BCUT2D eigenvalue weighted by molar-refractivity contribution is 5.08. The van der Waals surface area contributed by atoms with Crippen LogP contribution in [0.3, 0.4) is 0 Å². The Morgan fingerprint density at radius 1 is 1.48 bits per heavy atom. The van der Waals surface area contributed by atoms with Crippen molar-refractivity contribution < 1.29 is 14.2 Å². The van der Waals surface area contributed by atoms with Gasteiger partial charge in [0.2, 0.25) is 0 Å². The Kier molecular flexibility index (Phi) is 6.78. The fourth-order valence-corrected chi connectivity index (χ4v) is 3.86. The van der Waals surface area contributed by atoms with Crippen LogP contribution in [-0.2, 0) is 20.8 Å². The lowest BCUT2D eigenvalue weighted by molar-refractivity contribution is -0.0917. The molecular weight excluding hydrogens is 318 g/mol. The molecule has 2 fully saturated rings. The van der Waals surface area contributed by atoms with Gasteiger partial charge in [0.25, 0.3) is 0 Å². The van der Waals surface area contributed by atoms with E-state index in [2.05, 4.69) is 27.9 Å². The molecule has 6 nitrogen and oxygen atoms in total. The molecule has 3 heterocycles. The van der Waals surface area contributed by atoms with E-state index >= 15 is 0 Å². The van der Waals surface area contributed by atoms with E-state index < -0.39 is 0 Å². The van der Waals surface area contributed by atoms with Crippen LogP contribution in [0.5, 0.6) is 0 Å². The molecule has 0 N–H and O–H groups in total. The van der Waals surface area contributed by atoms with Crippen LogP contribution in [0.15, 0.2) is 24.5 Å². The van der Waals surface area contributed by atoms with E-state index in [1.807, 2.05) is 18.5 Å². The van der Waals surface area contributed by atoms with Gasteiger partial charge < -0.3 is 14.2 Å². The summed E-state index contributed by atoms with van der Waals surface area (Å²) in [6, 6.07) is 4.11. The zero-order valence-corrected chi connectivity index (χ0v) is 15.5. The molecule has 25 heavy (non-hydrogen) atoms. The predicted molar refractivity (Wildman–Crippen MR) is 96.5 cm³/mol. The Bertz CT molecular complexity index is 516. The van der Waals surface area contributed by atoms with Crippen molar-refractivity contribution in [2.75, 3.05) is 60.2 Å². The summed E-state index contributed by atoms with van der Waals surface area (Å²) in [5.74, 6) is 0. The smallest absolute Gasteiger partial charge is 0.105 e. The molecule has 1 aromatic rings. The molecule has 2 aliphatic rings. The Balaban J connectivity index is 1.51. The van der Waals surface area contributed by atoms with E-state index in [1.54, 1.807) is 7.11 Å². The van der Waals surface area contributed by atoms with Crippen LogP contribution in [0.4, 0.5) is 0 Å². The lowest BCUT2D eigenvalue weighted by Gasteiger charge is -2.32. The topological polar surface area (TPSA) is 47.1 Å². The van der Waals surface area contributed by atoms with Crippen molar-refractivity contribution in [1.29, 1.82) is 0 Å². The maximum atomic E-state index is 6.52. The van der Waals surface area contributed by atoms with Crippen LogP contribution in [0.25, 0.3) is 0 Å². The summed E-state index contributed by atoms with van der Waals surface area (Å²) in [7, 11) is 3.90. The van der Waals surface area contributed by atoms with E-state index in [9.17, 15) is 0 Å². The second-order valence-electron chi connectivity index (χ2n) is 7.34. The van der Waals surface area contributed by atoms with Crippen LogP contribution in [-0.4, -0.2) is 86.6 Å². The summed E-state index contributed by atoms with van der Waals surface area (Å²) in [6.07, 6.45) is 6.18. The van der Waals surface area contributed by atoms with Gasteiger partial charge in [0.05, 0.1) is 25.9 Å². The SMILES string of the molecule is COCCN1CCOC[C@]2(CC[C@H](CN(C)Cc3cccnc3)O2)C1. The van der Waals surface area contributed by atoms with Gasteiger partial charge in [0.15, 0.2) is 0 Å². The predicted octanol–water partition coefficient (Wildman–Crippen LogP) is 1.41. The van der Waals surface area contributed by atoms with Crippen LogP contribution >= 0.6 is 0 Å². The lowest BCUT2D eigenvalue weighted by atomic mass is 10.00. The molecule has 0 aromatic carbocycles. The summed E-state index contributed by atoms with van der Waals surface area (Å²) >= 11 is 0. The van der Waals surface area contributed by atoms with Crippen molar-refractivity contribution in [3.8, 4) is 0 Å². The molecule has 0 bridgehead atoms. The van der Waals surface area contributed by atoms with Crippen molar-refractivity contribution in [3.05, 3.63) is 30.1 Å². The highest BCUT2D eigenvalue weighted by atomic mass is 16.6.